The third kappa shape index (κ3) is 4.38. The van der Waals surface area contributed by atoms with Crippen LogP contribution in [0.3, 0.4) is 0 Å². The van der Waals surface area contributed by atoms with Crippen molar-refractivity contribution < 1.29 is 23.5 Å². The van der Waals surface area contributed by atoms with Crippen LogP contribution in [0.2, 0.25) is 0 Å². The zero-order chi connectivity index (χ0) is 19.4. The Hall–Kier alpha value is -3.48. The maximum absolute atomic E-state index is 13.2. The predicted molar refractivity (Wildman–Crippen MR) is 98.3 cm³/mol. The molecule has 3 rings (SSSR count). The molecule has 0 aliphatic carbocycles. The standard InChI is InChI=1S/C20H17FN2O4/c1-12-6-7-16-15(8-12)18(10-17(23-16)20(25)26-2)27-11-19(24)22-14-5-3-4-13(21)9-14/h3-10H,11H2,1-2H3,(H,22,24). The number of anilines is 1. The van der Waals surface area contributed by atoms with E-state index in [1.165, 1.54) is 31.4 Å². The van der Waals surface area contributed by atoms with Crippen molar-refractivity contribution in [3.63, 3.8) is 0 Å². The SMILES string of the molecule is COC(=O)c1cc(OCC(=O)Nc2cccc(F)c2)c2cc(C)ccc2n1. The summed E-state index contributed by atoms with van der Waals surface area (Å²) in [6, 6.07) is 12.5. The number of carbonyl (C=O) groups is 2. The minimum absolute atomic E-state index is 0.0781. The first kappa shape index (κ1) is 18.3. The number of nitrogens with zero attached hydrogens (tertiary/aromatic N) is 1. The molecule has 0 saturated carbocycles. The highest BCUT2D eigenvalue weighted by atomic mass is 19.1. The Labute approximate surface area is 154 Å². The van der Waals surface area contributed by atoms with Crippen molar-refractivity contribution in [1.29, 1.82) is 0 Å². The van der Waals surface area contributed by atoms with Crippen molar-refractivity contribution in [1.82, 2.24) is 4.98 Å². The largest absolute Gasteiger partial charge is 0.483 e. The van der Waals surface area contributed by atoms with Crippen LogP contribution in [0.25, 0.3) is 10.9 Å². The summed E-state index contributed by atoms with van der Waals surface area (Å²) in [5, 5.41) is 3.22. The second kappa shape index (κ2) is 7.82. The number of benzene rings is 2. The number of methoxy groups -OCH3 is 1. The summed E-state index contributed by atoms with van der Waals surface area (Å²) in [6.07, 6.45) is 0. The minimum atomic E-state index is -0.605. The second-order valence-electron chi connectivity index (χ2n) is 5.87. The van der Waals surface area contributed by atoms with Crippen molar-refractivity contribution in [2.75, 3.05) is 19.0 Å². The minimum Gasteiger partial charge on any atom is -0.483 e. The van der Waals surface area contributed by atoms with E-state index >= 15 is 0 Å². The molecule has 1 N–H and O–H groups in total. The summed E-state index contributed by atoms with van der Waals surface area (Å²) in [7, 11) is 1.26. The van der Waals surface area contributed by atoms with Gasteiger partial charge in [-0.25, -0.2) is 14.2 Å². The Balaban J connectivity index is 1.83. The second-order valence-corrected chi connectivity index (χ2v) is 5.87. The average molecular weight is 368 g/mol. The normalized spacial score (nSPS) is 10.5. The molecule has 1 aromatic heterocycles. The van der Waals surface area contributed by atoms with Crippen LogP contribution in [0.4, 0.5) is 10.1 Å². The van der Waals surface area contributed by atoms with Gasteiger partial charge in [0.25, 0.3) is 5.91 Å². The molecule has 0 radical (unpaired) electrons. The quantitative estimate of drug-likeness (QED) is 0.698. The molecule has 0 aliphatic heterocycles. The van der Waals surface area contributed by atoms with Crippen molar-refractivity contribution in [2.45, 2.75) is 6.92 Å². The summed E-state index contributed by atoms with van der Waals surface area (Å²) in [4.78, 5) is 28.2. The van der Waals surface area contributed by atoms with E-state index in [2.05, 4.69) is 10.3 Å². The zero-order valence-corrected chi connectivity index (χ0v) is 14.8. The highest BCUT2D eigenvalue weighted by Gasteiger charge is 2.14. The van der Waals surface area contributed by atoms with Gasteiger partial charge in [-0.2, -0.15) is 0 Å². The fourth-order valence-corrected chi connectivity index (χ4v) is 2.54. The van der Waals surface area contributed by atoms with Gasteiger partial charge in [0.15, 0.2) is 12.3 Å². The van der Waals surface area contributed by atoms with E-state index in [0.717, 1.165) is 5.56 Å². The summed E-state index contributed by atoms with van der Waals surface area (Å²) >= 11 is 0. The van der Waals surface area contributed by atoms with E-state index in [0.29, 0.717) is 22.3 Å². The smallest absolute Gasteiger partial charge is 0.356 e. The Morgan fingerprint density at radius 2 is 1.96 bits per heavy atom. The third-order valence-corrected chi connectivity index (χ3v) is 3.79. The number of nitrogens with one attached hydrogen (secondary N) is 1. The van der Waals surface area contributed by atoms with Gasteiger partial charge in [-0.1, -0.05) is 17.7 Å². The number of rotatable bonds is 5. The number of carbonyl (C=O) groups excluding carboxylic acids is 2. The molecule has 138 valence electrons. The van der Waals surface area contributed by atoms with Gasteiger partial charge in [0.1, 0.15) is 11.6 Å². The summed E-state index contributed by atoms with van der Waals surface area (Å²) in [5.74, 6) is -1.19. The summed E-state index contributed by atoms with van der Waals surface area (Å²) in [6.45, 7) is 1.60. The monoisotopic (exact) mass is 368 g/mol. The van der Waals surface area contributed by atoms with Crippen molar-refractivity contribution >= 4 is 28.5 Å². The van der Waals surface area contributed by atoms with Gasteiger partial charge in [-0.05, 0) is 37.3 Å². The van der Waals surface area contributed by atoms with Crippen LogP contribution in [0.15, 0.2) is 48.5 Å². The molecule has 3 aromatic rings. The van der Waals surface area contributed by atoms with Crippen LogP contribution in [0.1, 0.15) is 16.1 Å². The maximum Gasteiger partial charge on any atom is 0.356 e. The number of ether oxygens (including phenoxy) is 2. The average Bonchev–Trinajstić information content (AvgIpc) is 2.65. The van der Waals surface area contributed by atoms with Crippen LogP contribution in [-0.2, 0) is 9.53 Å². The van der Waals surface area contributed by atoms with Gasteiger partial charge in [0.2, 0.25) is 0 Å². The molecule has 1 amide bonds. The predicted octanol–water partition coefficient (Wildman–Crippen LogP) is 3.49. The lowest BCUT2D eigenvalue weighted by molar-refractivity contribution is -0.118. The first-order valence-electron chi connectivity index (χ1n) is 8.14. The van der Waals surface area contributed by atoms with E-state index in [1.807, 2.05) is 19.1 Å². The lowest BCUT2D eigenvalue weighted by Gasteiger charge is -2.12. The van der Waals surface area contributed by atoms with Gasteiger partial charge < -0.3 is 14.8 Å². The molecule has 1 heterocycles. The number of hydrogen-bond donors (Lipinski definition) is 1. The fourth-order valence-electron chi connectivity index (χ4n) is 2.54. The lowest BCUT2D eigenvalue weighted by Crippen LogP contribution is -2.20. The Kier molecular flexibility index (Phi) is 5.30. The Morgan fingerprint density at radius 3 is 2.70 bits per heavy atom. The third-order valence-electron chi connectivity index (χ3n) is 3.79. The highest BCUT2D eigenvalue weighted by molar-refractivity contribution is 5.95. The first-order valence-corrected chi connectivity index (χ1v) is 8.14. The van der Waals surface area contributed by atoms with Gasteiger partial charge in [0, 0.05) is 17.1 Å². The van der Waals surface area contributed by atoms with Gasteiger partial charge in [0.05, 0.1) is 12.6 Å². The van der Waals surface area contributed by atoms with E-state index in [-0.39, 0.29) is 12.3 Å². The molecule has 27 heavy (non-hydrogen) atoms. The molecule has 0 atom stereocenters. The van der Waals surface area contributed by atoms with Crippen molar-refractivity contribution in [3.8, 4) is 5.75 Å². The number of aryl methyl sites for hydroxylation is 1. The van der Waals surface area contributed by atoms with E-state index in [9.17, 15) is 14.0 Å². The number of amides is 1. The molecule has 6 nitrogen and oxygen atoms in total. The molecule has 0 aliphatic rings. The van der Waals surface area contributed by atoms with E-state index < -0.39 is 17.7 Å². The molecular formula is C20H17FN2O4. The maximum atomic E-state index is 13.2. The number of aromatic nitrogens is 1. The number of halogens is 1. The molecular weight excluding hydrogens is 351 g/mol. The molecule has 0 spiro atoms. The van der Waals surface area contributed by atoms with E-state index in [1.54, 1.807) is 12.1 Å². The molecule has 0 saturated heterocycles. The van der Waals surface area contributed by atoms with Crippen LogP contribution in [-0.4, -0.2) is 30.6 Å². The summed E-state index contributed by atoms with van der Waals surface area (Å²) < 4.78 is 23.5. The van der Waals surface area contributed by atoms with Crippen molar-refractivity contribution in [3.05, 3.63) is 65.6 Å². The number of esters is 1. The molecule has 2 aromatic carbocycles. The first-order chi connectivity index (χ1) is 13.0. The van der Waals surface area contributed by atoms with E-state index in [4.69, 9.17) is 9.47 Å². The lowest BCUT2D eigenvalue weighted by atomic mass is 10.1. The highest BCUT2D eigenvalue weighted by Crippen LogP contribution is 2.27. The Morgan fingerprint density at radius 1 is 1.15 bits per heavy atom. The number of hydrogen-bond acceptors (Lipinski definition) is 5. The molecule has 0 fully saturated rings. The molecule has 0 unspecified atom stereocenters. The van der Waals surface area contributed by atoms with Gasteiger partial charge >= 0.3 is 5.97 Å². The Bertz CT molecular complexity index is 1020. The van der Waals surface area contributed by atoms with Crippen molar-refractivity contribution in [2.24, 2.45) is 0 Å². The van der Waals surface area contributed by atoms with Crippen LogP contribution < -0.4 is 10.1 Å². The van der Waals surface area contributed by atoms with Crippen LogP contribution in [0, 0.1) is 12.7 Å². The van der Waals surface area contributed by atoms with Crippen LogP contribution >= 0.6 is 0 Å². The van der Waals surface area contributed by atoms with Gasteiger partial charge in [-0.15, -0.1) is 0 Å². The fraction of sp³-hybridized carbons (Fsp3) is 0.150. The topological polar surface area (TPSA) is 77.5 Å². The zero-order valence-electron chi connectivity index (χ0n) is 14.8. The number of pyridine rings is 1. The summed E-state index contributed by atoms with van der Waals surface area (Å²) in [5.41, 5.74) is 1.93. The number of fused-ring (bicyclic) bond motifs is 1. The molecule has 7 heteroatoms. The van der Waals surface area contributed by atoms with Crippen LogP contribution in [0.5, 0.6) is 5.75 Å². The van der Waals surface area contributed by atoms with Gasteiger partial charge in [-0.3, -0.25) is 4.79 Å². The molecule has 0 bridgehead atoms.